The molecule has 1 unspecified atom stereocenters. The van der Waals surface area contributed by atoms with E-state index in [0.717, 1.165) is 18.0 Å². The molecule has 2 aromatic rings. The number of nitrogens with zero attached hydrogens (tertiary/aromatic N) is 4. The fourth-order valence-electron chi connectivity index (χ4n) is 2.86. The van der Waals surface area contributed by atoms with E-state index in [0.29, 0.717) is 19.5 Å². The molecule has 6 nitrogen and oxygen atoms in total. The molecule has 3 rings (SSSR count). The molecule has 1 atom stereocenters. The van der Waals surface area contributed by atoms with E-state index in [-0.39, 0.29) is 16.9 Å². The van der Waals surface area contributed by atoms with Crippen molar-refractivity contribution in [1.82, 2.24) is 19.1 Å². The van der Waals surface area contributed by atoms with Gasteiger partial charge in [0.25, 0.3) is 0 Å². The van der Waals surface area contributed by atoms with Crippen molar-refractivity contribution >= 4 is 10.0 Å². The summed E-state index contributed by atoms with van der Waals surface area (Å²) in [5.41, 5.74) is 0. The molecular weight excluding hydrogens is 319 g/mol. The summed E-state index contributed by atoms with van der Waals surface area (Å²) >= 11 is 0. The van der Waals surface area contributed by atoms with Crippen molar-refractivity contribution in [2.45, 2.75) is 37.1 Å². The van der Waals surface area contributed by atoms with E-state index in [1.54, 1.807) is 6.33 Å². The van der Waals surface area contributed by atoms with Gasteiger partial charge in [0.1, 0.15) is 18.0 Å². The minimum Gasteiger partial charge on any atom is -0.313 e. The fourth-order valence-corrected chi connectivity index (χ4v) is 4.35. The minimum atomic E-state index is -3.60. The monoisotopic (exact) mass is 338 g/mol. The number of halogens is 1. The lowest BCUT2D eigenvalue weighted by atomic mass is 10.2. The van der Waals surface area contributed by atoms with Gasteiger partial charge in [0.15, 0.2) is 0 Å². The maximum absolute atomic E-state index is 13.0. The topological polar surface area (TPSA) is 68.1 Å². The van der Waals surface area contributed by atoms with Crippen LogP contribution in [0.25, 0.3) is 0 Å². The first-order valence-electron chi connectivity index (χ1n) is 7.54. The van der Waals surface area contributed by atoms with Crippen molar-refractivity contribution in [3.05, 3.63) is 42.2 Å². The molecule has 1 saturated heterocycles. The Morgan fingerprint density at radius 1 is 1.26 bits per heavy atom. The second kappa shape index (κ2) is 6.01. The van der Waals surface area contributed by atoms with Crippen LogP contribution < -0.4 is 0 Å². The van der Waals surface area contributed by atoms with E-state index in [1.807, 2.05) is 18.4 Å². The molecule has 0 N–H and O–H groups in total. The Hall–Kier alpha value is -1.80. The maximum Gasteiger partial charge on any atom is 0.243 e. The van der Waals surface area contributed by atoms with Crippen LogP contribution in [0, 0.1) is 5.82 Å². The maximum atomic E-state index is 13.0. The molecule has 0 bridgehead atoms. The van der Waals surface area contributed by atoms with Crippen molar-refractivity contribution in [3.63, 3.8) is 0 Å². The molecule has 23 heavy (non-hydrogen) atoms. The van der Waals surface area contributed by atoms with E-state index >= 15 is 0 Å². The minimum absolute atomic E-state index is 0.0256. The smallest absolute Gasteiger partial charge is 0.243 e. The van der Waals surface area contributed by atoms with Crippen molar-refractivity contribution in [2.24, 2.45) is 0 Å². The van der Waals surface area contributed by atoms with Gasteiger partial charge in [-0.2, -0.15) is 4.31 Å². The molecule has 1 aromatic carbocycles. The van der Waals surface area contributed by atoms with Gasteiger partial charge in [-0.25, -0.2) is 12.8 Å². The third-order valence-electron chi connectivity index (χ3n) is 4.09. The predicted molar refractivity (Wildman–Crippen MR) is 82.9 cm³/mol. The number of sulfonamides is 1. The quantitative estimate of drug-likeness (QED) is 0.857. The SMILES string of the molecule is CC(C)c1nncn1C1CCN(S(=O)(=O)c2ccc(F)cc2)C1. The Morgan fingerprint density at radius 3 is 2.61 bits per heavy atom. The zero-order valence-electron chi connectivity index (χ0n) is 13.1. The molecule has 8 heteroatoms. The molecule has 1 fully saturated rings. The number of rotatable bonds is 4. The van der Waals surface area contributed by atoms with Crippen LogP contribution in [0.5, 0.6) is 0 Å². The zero-order chi connectivity index (χ0) is 16.6. The number of hydrogen-bond donors (Lipinski definition) is 0. The first-order valence-corrected chi connectivity index (χ1v) is 8.98. The van der Waals surface area contributed by atoms with E-state index in [1.165, 1.54) is 16.4 Å². The summed E-state index contributed by atoms with van der Waals surface area (Å²) in [6.07, 6.45) is 2.37. The molecule has 0 spiro atoms. The highest BCUT2D eigenvalue weighted by Gasteiger charge is 2.34. The van der Waals surface area contributed by atoms with Crippen LogP contribution in [0.15, 0.2) is 35.5 Å². The van der Waals surface area contributed by atoms with Gasteiger partial charge in [-0.1, -0.05) is 13.8 Å². The largest absolute Gasteiger partial charge is 0.313 e. The summed E-state index contributed by atoms with van der Waals surface area (Å²) in [7, 11) is -3.60. The molecule has 1 aliphatic rings. The lowest BCUT2D eigenvalue weighted by Gasteiger charge is -2.18. The van der Waals surface area contributed by atoms with Crippen LogP contribution in [-0.2, 0) is 10.0 Å². The first kappa shape index (κ1) is 16.1. The number of hydrogen-bond acceptors (Lipinski definition) is 4. The molecule has 0 radical (unpaired) electrons. The number of aromatic nitrogens is 3. The third kappa shape index (κ3) is 3.00. The van der Waals surface area contributed by atoms with Crippen molar-refractivity contribution < 1.29 is 12.8 Å². The van der Waals surface area contributed by atoms with Crippen molar-refractivity contribution in [3.8, 4) is 0 Å². The van der Waals surface area contributed by atoms with Crippen LogP contribution >= 0.6 is 0 Å². The molecule has 1 aromatic heterocycles. The van der Waals surface area contributed by atoms with Gasteiger partial charge in [0.2, 0.25) is 10.0 Å². The van der Waals surface area contributed by atoms with Crippen LogP contribution in [0.1, 0.15) is 38.1 Å². The Labute approximate surface area is 135 Å². The van der Waals surface area contributed by atoms with Crippen LogP contribution in [0.2, 0.25) is 0 Å². The van der Waals surface area contributed by atoms with E-state index in [2.05, 4.69) is 10.2 Å². The molecule has 2 heterocycles. The summed E-state index contributed by atoms with van der Waals surface area (Å²) in [5.74, 6) is 0.630. The van der Waals surface area contributed by atoms with E-state index in [9.17, 15) is 12.8 Å². The van der Waals surface area contributed by atoms with Crippen LogP contribution in [0.3, 0.4) is 0 Å². The second-order valence-electron chi connectivity index (χ2n) is 6.01. The Kier molecular flexibility index (Phi) is 4.20. The lowest BCUT2D eigenvalue weighted by Crippen LogP contribution is -2.29. The highest BCUT2D eigenvalue weighted by atomic mass is 32.2. The summed E-state index contributed by atoms with van der Waals surface area (Å²) in [4.78, 5) is 0.118. The summed E-state index contributed by atoms with van der Waals surface area (Å²) in [5, 5.41) is 8.07. The normalized spacial score (nSPS) is 19.6. The highest BCUT2D eigenvalue weighted by Crippen LogP contribution is 2.29. The Balaban J connectivity index is 1.82. The molecular formula is C15H19FN4O2S. The third-order valence-corrected chi connectivity index (χ3v) is 5.97. The fraction of sp³-hybridized carbons (Fsp3) is 0.467. The second-order valence-corrected chi connectivity index (χ2v) is 7.95. The predicted octanol–water partition coefficient (Wildman–Crippen LogP) is 2.18. The Bertz CT molecular complexity index is 786. The molecule has 0 saturated carbocycles. The zero-order valence-corrected chi connectivity index (χ0v) is 13.9. The summed E-state index contributed by atoms with van der Waals surface area (Å²) in [6.45, 7) is 4.86. The average molecular weight is 338 g/mol. The van der Waals surface area contributed by atoms with Gasteiger partial charge in [-0.3, -0.25) is 0 Å². The van der Waals surface area contributed by atoms with Gasteiger partial charge < -0.3 is 4.57 Å². The van der Waals surface area contributed by atoms with Crippen molar-refractivity contribution in [1.29, 1.82) is 0 Å². The van der Waals surface area contributed by atoms with E-state index in [4.69, 9.17) is 0 Å². The van der Waals surface area contributed by atoms with Crippen LogP contribution in [0.4, 0.5) is 4.39 Å². The lowest BCUT2D eigenvalue weighted by molar-refractivity contribution is 0.443. The van der Waals surface area contributed by atoms with Gasteiger partial charge in [0, 0.05) is 19.0 Å². The molecule has 124 valence electrons. The summed E-state index contributed by atoms with van der Waals surface area (Å²) in [6, 6.07) is 4.96. The van der Waals surface area contributed by atoms with Gasteiger partial charge >= 0.3 is 0 Å². The van der Waals surface area contributed by atoms with Gasteiger partial charge in [-0.15, -0.1) is 10.2 Å². The molecule has 1 aliphatic heterocycles. The highest BCUT2D eigenvalue weighted by molar-refractivity contribution is 7.89. The molecule has 0 amide bonds. The van der Waals surface area contributed by atoms with Crippen molar-refractivity contribution in [2.75, 3.05) is 13.1 Å². The average Bonchev–Trinajstić information content (AvgIpc) is 3.16. The molecule has 0 aliphatic carbocycles. The number of benzene rings is 1. The van der Waals surface area contributed by atoms with E-state index < -0.39 is 15.8 Å². The standard InChI is InChI=1S/C15H19FN4O2S/c1-11(2)15-18-17-10-20(15)13-7-8-19(9-13)23(21,22)14-5-3-12(16)4-6-14/h3-6,10-11,13H,7-9H2,1-2H3. The summed E-state index contributed by atoms with van der Waals surface area (Å²) < 4.78 is 41.7. The first-order chi connectivity index (χ1) is 10.9. The van der Waals surface area contributed by atoms with Crippen LogP contribution in [-0.4, -0.2) is 40.6 Å². The van der Waals surface area contributed by atoms with Gasteiger partial charge in [-0.05, 0) is 30.7 Å². The Morgan fingerprint density at radius 2 is 1.96 bits per heavy atom. The van der Waals surface area contributed by atoms with Gasteiger partial charge in [0.05, 0.1) is 10.9 Å².